The number of nitrogens with two attached hydrogens (primary N) is 1. The summed E-state index contributed by atoms with van der Waals surface area (Å²) in [5.41, 5.74) is 2.54. The average molecular weight is 246 g/mol. The molecule has 0 saturated carbocycles. The third-order valence-electron chi connectivity index (χ3n) is 1.96. The summed E-state index contributed by atoms with van der Waals surface area (Å²) in [6.07, 6.45) is 1.98. The Hall–Kier alpha value is -0.850. The molecule has 0 fully saturated rings. The molecule has 4 N–H and O–H groups in total. The van der Waals surface area contributed by atoms with E-state index < -0.39 is 0 Å². The van der Waals surface area contributed by atoms with Crippen LogP contribution in [0.4, 0.5) is 0 Å². The molecule has 0 aromatic carbocycles. The summed E-state index contributed by atoms with van der Waals surface area (Å²) in [7, 11) is 1.67. The zero-order valence-corrected chi connectivity index (χ0v) is 11.2. The van der Waals surface area contributed by atoms with Crippen LogP contribution < -0.4 is 16.6 Å². The van der Waals surface area contributed by atoms with Gasteiger partial charge in [0.15, 0.2) is 0 Å². The number of unbranched alkanes of at least 4 members (excludes halogenated alkanes) is 1. The molecular formula is C11H26N4O2. The van der Waals surface area contributed by atoms with Crippen molar-refractivity contribution in [1.82, 2.24) is 10.7 Å². The number of rotatable bonds is 9. The molecule has 0 aromatic rings. The van der Waals surface area contributed by atoms with Crippen molar-refractivity contribution < 1.29 is 9.47 Å². The van der Waals surface area contributed by atoms with E-state index in [-0.39, 0.29) is 0 Å². The molecular weight excluding hydrogens is 220 g/mol. The zero-order valence-electron chi connectivity index (χ0n) is 11.2. The van der Waals surface area contributed by atoms with E-state index in [2.05, 4.69) is 15.7 Å². The van der Waals surface area contributed by atoms with Crippen LogP contribution in [0.1, 0.15) is 26.7 Å². The number of ether oxygens (including phenoxy) is 2. The Kier molecular flexibility index (Phi) is 11.0. The highest BCUT2D eigenvalue weighted by Gasteiger charge is 1.97. The van der Waals surface area contributed by atoms with Gasteiger partial charge in [0.05, 0.1) is 13.2 Å². The maximum Gasteiger partial charge on any atom is 0.205 e. The molecule has 0 aromatic heterocycles. The quantitative estimate of drug-likeness (QED) is 0.179. The van der Waals surface area contributed by atoms with Gasteiger partial charge in [0.2, 0.25) is 5.96 Å². The molecule has 0 bridgehead atoms. The number of methoxy groups -OCH3 is 1. The Bertz CT molecular complexity index is 198. The van der Waals surface area contributed by atoms with Gasteiger partial charge in [-0.2, -0.15) is 0 Å². The lowest BCUT2D eigenvalue weighted by Crippen LogP contribution is -2.44. The SMILES string of the molecule is COCCOCCCCN=C(NN)NC(C)C. The largest absolute Gasteiger partial charge is 0.382 e. The first-order valence-corrected chi connectivity index (χ1v) is 6.05. The van der Waals surface area contributed by atoms with E-state index in [9.17, 15) is 0 Å². The van der Waals surface area contributed by atoms with Gasteiger partial charge in [0.1, 0.15) is 0 Å². The van der Waals surface area contributed by atoms with Crippen molar-refractivity contribution in [3.63, 3.8) is 0 Å². The molecule has 0 atom stereocenters. The third kappa shape index (κ3) is 11.4. The number of guanidine groups is 1. The van der Waals surface area contributed by atoms with Crippen molar-refractivity contribution in [3.8, 4) is 0 Å². The molecule has 0 saturated heterocycles. The van der Waals surface area contributed by atoms with Gasteiger partial charge < -0.3 is 14.8 Å². The van der Waals surface area contributed by atoms with E-state index in [0.717, 1.165) is 26.0 Å². The number of nitrogens with one attached hydrogen (secondary N) is 2. The van der Waals surface area contributed by atoms with E-state index >= 15 is 0 Å². The summed E-state index contributed by atoms with van der Waals surface area (Å²) in [4.78, 5) is 4.31. The van der Waals surface area contributed by atoms with Gasteiger partial charge in [-0.3, -0.25) is 10.4 Å². The van der Waals surface area contributed by atoms with Gasteiger partial charge in [-0.25, -0.2) is 5.84 Å². The summed E-state index contributed by atoms with van der Waals surface area (Å²) in [6, 6.07) is 0.321. The molecule has 0 radical (unpaired) electrons. The van der Waals surface area contributed by atoms with E-state index in [4.69, 9.17) is 15.3 Å². The molecule has 0 spiro atoms. The minimum absolute atomic E-state index is 0.321. The smallest absolute Gasteiger partial charge is 0.205 e. The second-order valence-corrected chi connectivity index (χ2v) is 3.99. The first-order chi connectivity index (χ1) is 8.20. The lowest BCUT2D eigenvalue weighted by Gasteiger charge is -2.11. The normalized spacial score (nSPS) is 11.9. The van der Waals surface area contributed by atoms with Crippen LogP contribution >= 0.6 is 0 Å². The molecule has 17 heavy (non-hydrogen) atoms. The zero-order chi connectivity index (χ0) is 12.9. The number of nitrogens with zero attached hydrogens (tertiary/aromatic N) is 1. The summed E-state index contributed by atoms with van der Waals surface area (Å²) in [6.45, 7) is 6.88. The van der Waals surface area contributed by atoms with Crippen molar-refractivity contribution >= 4 is 5.96 Å². The molecule has 0 heterocycles. The maximum atomic E-state index is 5.34. The van der Waals surface area contributed by atoms with Crippen LogP contribution in [0.3, 0.4) is 0 Å². The number of hydrogen-bond acceptors (Lipinski definition) is 4. The van der Waals surface area contributed by atoms with Crippen molar-refractivity contribution in [2.75, 3.05) is 33.5 Å². The van der Waals surface area contributed by atoms with Crippen molar-refractivity contribution in [3.05, 3.63) is 0 Å². The highest BCUT2D eigenvalue weighted by atomic mass is 16.5. The van der Waals surface area contributed by atoms with Crippen molar-refractivity contribution in [1.29, 1.82) is 0 Å². The fourth-order valence-corrected chi connectivity index (χ4v) is 1.16. The predicted octanol–water partition coefficient (Wildman–Crippen LogP) is 0.247. The Morgan fingerprint density at radius 3 is 2.59 bits per heavy atom. The topological polar surface area (TPSA) is 80.9 Å². The van der Waals surface area contributed by atoms with Crippen molar-refractivity contribution in [2.24, 2.45) is 10.8 Å². The molecule has 6 nitrogen and oxygen atoms in total. The minimum Gasteiger partial charge on any atom is -0.382 e. The molecule has 102 valence electrons. The first-order valence-electron chi connectivity index (χ1n) is 6.05. The lowest BCUT2D eigenvalue weighted by molar-refractivity contribution is 0.0690. The predicted molar refractivity (Wildman–Crippen MR) is 69.8 cm³/mol. The Morgan fingerprint density at radius 1 is 1.24 bits per heavy atom. The van der Waals surface area contributed by atoms with Gasteiger partial charge in [-0.1, -0.05) is 0 Å². The van der Waals surface area contributed by atoms with E-state index in [1.54, 1.807) is 7.11 Å². The van der Waals surface area contributed by atoms with Crippen LogP contribution in [0.5, 0.6) is 0 Å². The Morgan fingerprint density at radius 2 is 2.00 bits per heavy atom. The summed E-state index contributed by atoms with van der Waals surface area (Å²) in [5.74, 6) is 5.97. The molecule has 0 aliphatic heterocycles. The maximum absolute atomic E-state index is 5.34. The summed E-state index contributed by atoms with van der Waals surface area (Å²) in [5, 5.41) is 3.11. The van der Waals surface area contributed by atoms with Gasteiger partial charge in [0.25, 0.3) is 0 Å². The Balaban J connectivity index is 3.43. The van der Waals surface area contributed by atoms with Crippen LogP contribution in [0.2, 0.25) is 0 Å². The fourth-order valence-electron chi connectivity index (χ4n) is 1.16. The van der Waals surface area contributed by atoms with Crippen molar-refractivity contribution in [2.45, 2.75) is 32.7 Å². The van der Waals surface area contributed by atoms with Gasteiger partial charge in [0, 0.05) is 26.3 Å². The minimum atomic E-state index is 0.321. The molecule has 0 aliphatic rings. The molecule has 0 rings (SSSR count). The van der Waals surface area contributed by atoms with Crippen LogP contribution in [0, 0.1) is 0 Å². The number of hydrazine groups is 1. The van der Waals surface area contributed by atoms with E-state index in [1.165, 1.54) is 0 Å². The molecule has 0 amide bonds. The Labute approximate surface area is 104 Å². The average Bonchev–Trinajstić information content (AvgIpc) is 2.30. The second kappa shape index (κ2) is 11.6. The second-order valence-electron chi connectivity index (χ2n) is 3.99. The number of aliphatic imine (C=N–C) groups is 1. The van der Waals surface area contributed by atoms with Crippen LogP contribution in [0.25, 0.3) is 0 Å². The van der Waals surface area contributed by atoms with Crippen LogP contribution in [0.15, 0.2) is 4.99 Å². The number of hydrogen-bond donors (Lipinski definition) is 3. The molecule has 6 heteroatoms. The van der Waals surface area contributed by atoms with Gasteiger partial charge in [-0.15, -0.1) is 0 Å². The van der Waals surface area contributed by atoms with Gasteiger partial charge >= 0.3 is 0 Å². The van der Waals surface area contributed by atoms with Crippen LogP contribution in [-0.4, -0.2) is 45.5 Å². The fraction of sp³-hybridized carbons (Fsp3) is 0.909. The van der Waals surface area contributed by atoms with Crippen LogP contribution in [-0.2, 0) is 9.47 Å². The summed E-state index contributed by atoms with van der Waals surface area (Å²) >= 11 is 0. The lowest BCUT2D eigenvalue weighted by atomic mass is 10.3. The highest BCUT2D eigenvalue weighted by molar-refractivity contribution is 5.79. The molecule has 0 unspecified atom stereocenters. The van der Waals surface area contributed by atoms with E-state index in [1.807, 2.05) is 13.8 Å². The summed E-state index contributed by atoms with van der Waals surface area (Å²) < 4.78 is 10.2. The standard InChI is InChI=1S/C11H26N4O2/c1-10(2)14-11(15-12)13-6-4-5-7-17-9-8-16-3/h10H,4-9,12H2,1-3H3,(H2,13,14,15). The monoisotopic (exact) mass is 246 g/mol. The molecule has 0 aliphatic carbocycles. The van der Waals surface area contributed by atoms with E-state index in [0.29, 0.717) is 25.2 Å². The third-order valence-corrected chi connectivity index (χ3v) is 1.96. The van der Waals surface area contributed by atoms with Gasteiger partial charge in [-0.05, 0) is 26.7 Å². The first kappa shape index (κ1) is 16.1. The highest BCUT2D eigenvalue weighted by Crippen LogP contribution is 1.91.